The molecule has 0 aliphatic carbocycles. The van der Waals surface area contributed by atoms with Crippen molar-refractivity contribution in [1.29, 1.82) is 0 Å². The molecule has 0 saturated carbocycles. The van der Waals surface area contributed by atoms with Crippen LogP contribution in [-0.4, -0.2) is 11.7 Å². The molecule has 0 spiro atoms. The Bertz CT molecular complexity index is 475. The van der Waals surface area contributed by atoms with Gasteiger partial charge in [0.25, 0.3) is 0 Å². The van der Waals surface area contributed by atoms with Crippen molar-refractivity contribution in [3.05, 3.63) is 29.8 Å². The van der Waals surface area contributed by atoms with Crippen LogP contribution in [0.5, 0.6) is 0 Å². The van der Waals surface area contributed by atoms with Gasteiger partial charge in [0.1, 0.15) is 0 Å². The first kappa shape index (κ1) is 18.4. The molecule has 0 radical (unpaired) electrons. The number of Topliss-reactive ketones (excluding diaryl/α,β-unsaturated/α-hetero) is 1. The average Bonchev–Trinajstić information content (AvgIpc) is 2.46. The van der Waals surface area contributed by atoms with Crippen LogP contribution in [-0.2, 0) is 4.79 Å². The molecule has 0 unspecified atom stereocenters. The monoisotopic (exact) mass is 303 g/mol. The number of anilines is 1. The molecule has 1 N–H and O–H groups in total. The van der Waals surface area contributed by atoms with Gasteiger partial charge in [0.2, 0.25) is 5.91 Å². The average molecular weight is 303 g/mol. The zero-order valence-electron chi connectivity index (χ0n) is 14.3. The summed E-state index contributed by atoms with van der Waals surface area (Å²) in [5, 5.41) is 2.89. The Balaban J connectivity index is 2.34. The third-order valence-corrected chi connectivity index (χ3v) is 3.66. The summed E-state index contributed by atoms with van der Waals surface area (Å²) >= 11 is 0. The largest absolute Gasteiger partial charge is 0.326 e. The quantitative estimate of drug-likeness (QED) is 0.511. The molecule has 22 heavy (non-hydrogen) atoms. The van der Waals surface area contributed by atoms with E-state index in [2.05, 4.69) is 19.2 Å². The number of nitrogens with one attached hydrogen (secondary N) is 1. The van der Waals surface area contributed by atoms with Gasteiger partial charge in [0, 0.05) is 23.6 Å². The Labute approximate surface area is 134 Å². The predicted molar refractivity (Wildman–Crippen MR) is 92.2 cm³/mol. The van der Waals surface area contributed by atoms with Crippen LogP contribution in [0.4, 0.5) is 5.69 Å². The maximum absolute atomic E-state index is 11.9. The van der Waals surface area contributed by atoms with Crippen LogP contribution in [0.2, 0.25) is 0 Å². The molecule has 3 nitrogen and oxygen atoms in total. The number of hydrogen-bond acceptors (Lipinski definition) is 2. The minimum absolute atomic E-state index is 0.00807. The lowest BCUT2D eigenvalue weighted by Gasteiger charge is -2.08. The number of rotatable bonds is 9. The van der Waals surface area contributed by atoms with Gasteiger partial charge in [-0.1, -0.05) is 47.0 Å². The lowest BCUT2D eigenvalue weighted by molar-refractivity contribution is -0.116. The molecule has 1 aromatic carbocycles. The topological polar surface area (TPSA) is 46.2 Å². The third kappa shape index (κ3) is 6.88. The number of carbonyl (C=O) groups excluding carboxylic acids is 2. The fourth-order valence-corrected chi connectivity index (χ4v) is 2.29. The number of benzene rings is 1. The Morgan fingerprint density at radius 3 is 2.14 bits per heavy atom. The van der Waals surface area contributed by atoms with E-state index in [0.29, 0.717) is 12.0 Å². The first-order valence-electron chi connectivity index (χ1n) is 8.34. The molecule has 1 aromatic rings. The van der Waals surface area contributed by atoms with E-state index in [1.807, 2.05) is 13.8 Å². The van der Waals surface area contributed by atoms with E-state index in [4.69, 9.17) is 0 Å². The van der Waals surface area contributed by atoms with E-state index in [1.54, 1.807) is 24.3 Å². The van der Waals surface area contributed by atoms with Gasteiger partial charge in [0.05, 0.1) is 0 Å². The summed E-state index contributed by atoms with van der Waals surface area (Å²) in [6.45, 7) is 8.22. The zero-order valence-corrected chi connectivity index (χ0v) is 14.3. The van der Waals surface area contributed by atoms with Gasteiger partial charge >= 0.3 is 0 Å². The summed E-state index contributed by atoms with van der Waals surface area (Å²) in [7, 11) is 0. The first-order valence-corrected chi connectivity index (χ1v) is 8.34. The highest BCUT2D eigenvalue weighted by atomic mass is 16.1. The fraction of sp³-hybridized carbons (Fsp3) is 0.579. The number of amides is 1. The molecule has 0 atom stereocenters. The van der Waals surface area contributed by atoms with Crippen molar-refractivity contribution in [3.63, 3.8) is 0 Å². The zero-order chi connectivity index (χ0) is 16.5. The van der Waals surface area contributed by atoms with Crippen molar-refractivity contribution >= 4 is 17.4 Å². The van der Waals surface area contributed by atoms with E-state index >= 15 is 0 Å². The smallest absolute Gasteiger partial charge is 0.224 e. The third-order valence-electron chi connectivity index (χ3n) is 3.66. The highest BCUT2D eigenvalue weighted by Crippen LogP contribution is 2.14. The minimum atomic E-state index is -0.00807. The summed E-state index contributed by atoms with van der Waals surface area (Å²) in [5.41, 5.74) is 1.45. The van der Waals surface area contributed by atoms with Crippen molar-refractivity contribution in [2.45, 2.75) is 59.8 Å². The summed E-state index contributed by atoms with van der Waals surface area (Å²) in [6.07, 6.45) is 5.02. The van der Waals surface area contributed by atoms with Gasteiger partial charge in [-0.05, 0) is 36.6 Å². The molecule has 122 valence electrons. The molecule has 3 heteroatoms. The molecule has 0 aromatic heterocycles. The van der Waals surface area contributed by atoms with Crippen LogP contribution in [0.1, 0.15) is 70.2 Å². The molecule has 0 saturated heterocycles. The maximum atomic E-state index is 11.9. The standard InChI is InChI=1S/C19H29NO2/c1-14(2)8-6-5-7-9-18(21)20-17-12-10-16(11-13-17)19(22)15(3)4/h10-15H,5-9H2,1-4H3,(H,20,21). The Kier molecular flexibility index (Phi) is 7.86. The highest BCUT2D eigenvalue weighted by Gasteiger charge is 2.10. The van der Waals surface area contributed by atoms with Gasteiger partial charge in [-0.2, -0.15) is 0 Å². The number of unbranched alkanes of at least 4 members (excludes halogenated alkanes) is 2. The molecule has 0 fully saturated rings. The van der Waals surface area contributed by atoms with E-state index in [9.17, 15) is 9.59 Å². The van der Waals surface area contributed by atoms with Crippen LogP contribution < -0.4 is 5.32 Å². The van der Waals surface area contributed by atoms with E-state index < -0.39 is 0 Å². The van der Waals surface area contributed by atoms with Gasteiger partial charge in [-0.15, -0.1) is 0 Å². The molecule has 1 rings (SSSR count). The second kappa shape index (κ2) is 9.39. The predicted octanol–water partition coefficient (Wildman–Crippen LogP) is 5.07. The number of hydrogen-bond donors (Lipinski definition) is 1. The van der Waals surface area contributed by atoms with Crippen molar-refractivity contribution in [3.8, 4) is 0 Å². The molecule has 0 aliphatic heterocycles. The van der Waals surface area contributed by atoms with Crippen molar-refractivity contribution in [2.24, 2.45) is 11.8 Å². The molecule has 1 amide bonds. The molecule has 0 aliphatic rings. The number of carbonyl (C=O) groups is 2. The second-order valence-electron chi connectivity index (χ2n) is 6.64. The lowest BCUT2D eigenvalue weighted by Crippen LogP contribution is -2.12. The van der Waals surface area contributed by atoms with E-state index in [-0.39, 0.29) is 17.6 Å². The van der Waals surface area contributed by atoms with Crippen LogP contribution in [0, 0.1) is 11.8 Å². The first-order chi connectivity index (χ1) is 10.4. The van der Waals surface area contributed by atoms with Gasteiger partial charge in [-0.3, -0.25) is 9.59 Å². The summed E-state index contributed by atoms with van der Waals surface area (Å²) in [4.78, 5) is 23.7. The van der Waals surface area contributed by atoms with Crippen molar-refractivity contribution in [2.75, 3.05) is 5.32 Å². The number of ketones is 1. The van der Waals surface area contributed by atoms with Crippen LogP contribution >= 0.6 is 0 Å². The van der Waals surface area contributed by atoms with Crippen LogP contribution in [0.15, 0.2) is 24.3 Å². The van der Waals surface area contributed by atoms with Gasteiger partial charge in [0.15, 0.2) is 5.78 Å². The fourth-order valence-electron chi connectivity index (χ4n) is 2.29. The summed E-state index contributed by atoms with van der Waals surface area (Å²) < 4.78 is 0. The Hall–Kier alpha value is -1.64. The lowest BCUT2D eigenvalue weighted by atomic mass is 10.0. The van der Waals surface area contributed by atoms with Gasteiger partial charge < -0.3 is 5.32 Å². The van der Waals surface area contributed by atoms with Crippen molar-refractivity contribution < 1.29 is 9.59 Å². The van der Waals surface area contributed by atoms with Crippen LogP contribution in [0.3, 0.4) is 0 Å². The SMILES string of the molecule is CC(C)CCCCCC(=O)Nc1ccc(C(=O)C(C)C)cc1. The second-order valence-corrected chi connectivity index (χ2v) is 6.64. The summed E-state index contributed by atoms with van der Waals surface area (Å²) in [5.74, 6) is 0.905. The molecule has 0 bridgehead atoms. The van der Waals surface area contributed by atoms with E-state index in [1.165, 1.54) is 12.8 Å². The van der Waals surface area contributed by atoms with Gasteiger partial charge in [-0.25, -0.2) is 0 Å². The molecular weight excluding hydrogens is 274 g/mol. The Morgan fingerprint density at radius 2 is 1.59 bits per heavy atom. The van der Waals surface area contributed by atoms with Crippen LogP contribution in [0.25, 0.3) is 0 Å². The summed E-state index contributed by atoms with van der Waals surface area (Å²) in [6, 6.07) is 7.15. The Morgan fingerprint density at radius 1 is 0.955 bits per heavy atom. The minimum Gasteiger partial charge on any atom is -0.326 e. The highest BCUT2D eigenvalue weighted by molar-refractivity contribution is 5.98. The molecule has 0 heterocycles. The normalized spacial score (nSPS) is 11.0. The molecular formula is C19H29NO2. The van der Waals surface area contributed by atoms with Crippen molar-refractivity contribution in [1.82, 2.24) is 0 Å². The maximum Gasteiger partial charge on any atom is 0.224 e. The van der Waals surface area contributed by atoms with E-state index in [0.717, 1.165) is 24.4 Å².